The van der Waals surface area contributed by atoms with E-state index in [0.29, 0.717) is 5.75 Å². The third-order valence-corrected chi connectivity index (χ3v) is 12.2. The van der Waals surface area contributed by atoms with E-state index >= 15 is 0 Å². The van der Waals surface area contributed by atoms with Crippen molar-refractivity contribution in [3.05, 3.63) is 40.3 Å². The van der Waals surface area contributed by atoms with Gasteiger partial charge >= 0.3 is 0 Å². The second kappa shape index (κ2) is 5.96. The Hall–Kier alpha value is -0.713. The Balaban J connectivity index is 2.20. The molecule has 2 rings (SSSR count). The van der Waals surface area contributed by atoms with Gasteiger partial charge in [0, 0.05) is 4.90 Å². The highest BCUT2D eigenvalue weighted by Gasteiger charge is 2.25. The summed E-state index contributed by atoms with van der Waals surface area (Å²) in [5.74, 6) is 0.446. The van der Waals surface area contributed by atoms with Crippen LogP contribution in [0.3, 0.4) is 0 Å². The maximum absolute atomic E-state index is 9.99. The van der Waals surface area contributed by atoms with Crippen LogP contribution in [0.5, 0.6) is 5.75 Å². The van der Waals surface area contributed by atoms with Crippen molar-refractivity contribution in [2.24, 2.45) is 0 Å². The number of rotatable bonds is 4. The molecule has 4 heteroatoms. The van der Waals surface area contributed by atoms with Gasteiger partial charge in [-0.3, -0.25) is 0 Å². The smallest absolute Gasteiger partial charge is 0.121 e. The Kier molecular flexibility index (Phi) is 4.67. The third kappa shape index (κ3) is 3.13. The summed E-state index contributed by atoms with van der Waals surface area (Å²) in [6.07, 6.45) is 0. The molecule has 1 aromatic carbocycles. The Morgan fingerprint density at radius 1 is 1.20 bits per heavy atom. The molecule has 0 aliphatic heterocycles. The summed E-state index contributed by atoms with van der Waals surface area (Å²) in [4.78, 5) is 1.31. The maximum atomic E-state index is 9.99. The van der Waals surface area contributed by atoms with E-state index in [-0.39, 0.29) is 0 Å². The summed E-state index contributed by atoms with van der Waals surface area (Å²) >= 11 is 3.83. The predicted molar refractivity (Wildman–Crippen MR) is 94.5 cm³/mol. The fourth-order valence-corrected chi connectivity index (χ4v) is 8.46. The number of thioether (sulfide) groups is 1. The fraction of sp³-hybridized carbons (Fsp3) is 0.375. The minimum absolute atomic E-state index is 0.446. The quantitative estimate of drug-likeness (QED) is 0.654. The normalized spacial score (nSPS) is 11.8. The zero-order chi connectivity index (χ0) is 14.9. The number of aromatic hydroxyl groups is 1. The number of phenolic OH excluding ortho intramolecular Hbond substituents is 1. The molecule has 0 unspecified atom stereocenters. The second-order valence-corrected chi connectivity index (χ2v) is 13.4. The molecule has 0 radical (unpaired) electrons. The van der Waals surface area contributed by atoms with E-state index in [4.69, 9.17) is 0 Å². The fourth-order valence-electron chi connectivity index (χ4n) is 2.17. The minimum atomic E-state index is -1.36. The van der Waals surface area contributed by atoms with Gasteiger partial charge in [0.1, 0.15) is 13.8 Å². The first-order valence-electron chi connectivity index (χ1n) is 6.79. The van der Waals surface area contributed by atoms with Gasteiger partial charge in [-0.15, -0.1) is 11.8 Å². The minimum Gasteiger partial charge on any atom is -0.507 e. The summed E-state index contributed by atoms with van der Waals surface area (Å²) < 4.78 is 1.56. The van der Waals surface area contributed by atoms with Crippen LogP contribution < -0.4 is 4.50 Å². The van der Waals surface area contributed by atoms with E-state index in [1.165, 1.54) is 15.8 Å². The molecule has 108 valence electrons. The molecule has 2 aromatic rings. The number of hydrogen-bond donors (Lipinski definition) is 1. The van der Waals surface area contributed by atoms with Crippen LogP contribution in [0.1, 0.15) is 16.7 Å². The van der Waals surface area contributed by atoms with Crippen molar-refractivity contribution in [1.82, 2.24) is 0 Å². The molecule has 0 fully saturated rings. The standard InChI is InChI=1S/C16H22OS2Si/c1-11-9-14(12(2)13(3)16(11)17)19-10-20(4,5)15-7-6-8-18-15/h6-9,17H,10H2,1-5H3. The highest BCUT2D eigenvalue weighted by Crippen LogP contribution is 2.34. The van der Waals surface area contributed by atoms with Crippen molar-refractivity contribution in [2.75, 3.05) is 5.38 Å². The van der Waals surface area contributed by atoms with Gasteiger partial charge < -0.3 is 5.11 Å². The van der Waals surface area contributed by atoms with Crippen molar-refractivity contribution >= 4 is 35.7 Å². The third-order valence-electron chi connectivity index (χ3n) is 3.79. The first-order chi connectivity index (χ1) is 9.33. The lowest BCUT2D eigenvalue weighted by molar-refractivity contribution is 0.465. The number of benzene rings is 1. The van der Waals surface area contributed by atoms with Crippen LogP contribution in [0, 0.1) is 20.8 Å². The topological polar surface area (TPSA) is 20.2 Å². The molecule has 1 N–H and O–H groups in total. The van der Waals surface area contributed by atoms with E-state index in [1.807, 2.05) is 36.9 Å². The van der Waals surface area contributed by atoms with E-state index in [0.717, 1.165) is 11.1 Å². The van der Waals surface area contributed by atoms with Gasteiger partial charge in [0.15, 0.2) is 0 Å². The molecule has 1 heterocycles. The first-order valence-corrected chi connectivity index (χ1v) is 11.9. The lowest BCUT2D eigenvalue weighted by atomic mass is 10.1. The van der Waals surface area contributed by atoms with Gasteiger partial charge in [0.05, 0.1) is 0 Å². The lowest BCUT2D eigenvalue weighted by Crippen LogP contribution is -2.42. The first kappa shape index (κ1) is 15.7. The highest BCUT2D eigenvalue weighted by molar-refractivity contribution is 8.01. The summed E-state index contributed by atoms with van der Waals surface area (Å²) in [5.41, 5.74) is 3.21. The number of phenols is 1. The van der Waals surface area contributed by atoms with Crippen LogP contribution in [-0.4, -0.2) is 18.6 Å². The van der Waals surface area contributed by atoms with Crippen LogP contribution in [0.2, 0.25) is 13.1 Å². The van der Waals surface area contributed by atoms with Crippen LogP contribution in [0.4, 0.5) is 0 Å². The zero-order valence-corrected chi connectivity index (χ0v) is 15.4. The van der Waals surface area contributed by atoms with Gasteiger partial charge in [0.2, 0.25) is 0 Å². The molecule has 0 saturated carbocycles. The largest absolute Gasteiger partial charge is 0.507 e. The van der Waals surface area contributed by atoms with Crippen LogP contribution in [0.25, 0.3) is 0 Å². The molecule has 0 bridgehead atoms. The van der Waals surface area contributed by atoms with Gasteiger partial charge in [0.25, 0.3) is 0 Å². The Labute approximate surface area is 131 Å². The molecule has 0 saturated heterocycles. The van der Waals surface area contributed by atoms with E-state index in [9.17, 15) is 5.11 Å². The van der Waals surface area contributed by atoms with Crippen molar-refractivity contribution in [3.63, 3.8) is 0 Å². The number of hydrogen-bond acceptors (Lipinski definition) is 3. The zero-order valence-electron chi connectivity index (χ0n) is 12.8. The summed E-state index contributed by atoms with van der Waals surface area (Å²) in [6, 6.07) is 6.55. The average Bonchev–Trinajstić information content (AvgIpc) is 2.94. The molecule has 0 spiro atoms. The molecule has 1 aromatic heterocycles. The van der Waals surface area contributed by atoms with Gasteiger partial charge in [-0.05, 0) is 58.8 Å². The van der Waals surface area contributed by atoms with Gasteiger partial charge in [-0.2, -0.15) is 11.3 Å². The lowest BCUT2D eigenvalue weighted by Gasteiger charge is -2.21. The van der Waals surface area contributed by atoms with Crippen molar-refractivity contribution in [3.8, 4) is 5.75 Å². The van der Waals surface area contributed by atoms with E-state index in [1.54, 1.807) is 4.50 Å². The van der Waals surface area contributed by atoms with E-state index < -0.39 is 8.07 Å². The molecule has 0 amide bonds. The number of aryl methyl sites for hydroxylation is 1. The summed E-state index contributed by atoms with van der Waals surface area (Å²) in [6.45, 7) is 11.0. The second-order valence-electron chi connectivity index (χ2n) is 5.94. The van der Waals surface area contributed by atoms with Crippen molar-refractivity contribution in [2.45, 2.75) is 38.8 Å². The maximum Gasteiger partial charge on any atom is 0.121 e. The van der Waals surface area contributed by atoms with Gasteiger partial charge in [-0.1, -0.05) is 25.2 Å². The Morgan fingerprint density at radius 3 is 2.50 bits per heavy atom. The average molecular weight is 323 g/mol. The Bertz CT molecular complexity index is 603. The molecule has 1 nitrogen and oxygen atoms in total. The Morgan fingerprint density at radius 2 is 1.90 bits per heavy atom. The van der Waals surface area contributed by atoms with Crippen molar-refractivity contribution < 1.29 is 5.11 Å². The van der Waals surface area contributed by atoms with Crippen molar-refractivity contribution in [1.29, 1.82) is 0 Å². The SMILES string of the molecule is Cc1cc(SC[Si](C)(C)c2cccs2)c(C)c(C)c1O. The van der Waals surface area contributed by atoms with Gasteiger partial charge in [-0.25, -0.2) is 0 Å². The summed E-state index contributed by atoms with van der Waals surface area (Å²) in [5, 5.41) is 13.3. The van der Waals surface area contributed by atoms with E-state index in [2.05, 4.69) is 43.6 Å². The molecular weight excluding hydrogens is 300 g/mol. The van der Waals surface area contributed by atoms with Crippen LogP contribution >= 0.6 is 23.1 Å². The molecule has 0 aliphatic carbocycles. The molecule has 0 aliphatic rings. The van der Waals surface area contributed by atoms with Crippen LogP contribution in [0.15, 0.2) is 28.5 Å². The predicted octanol–water partition coefficient (Wildman–Crippen LogP) is 4.63. The monoisotopic (exact) mass is 322 g/mol. The number of thiophene rings is 1. The molecule has 20 heavy (non-hydrogen) atoms. The van der Waals surface area contributed by atoms with Crippen LogP contribution in [-0.2, 0) is 0 Å². The highest BCUT2D eigenvalue weighted by atomic mass is 32.2. The summed E-state index contributed by atoms with van der Waals surface area (Å²) in [7, 11) is -1.36. The molecule has 0 atom stereocenters. The molecular formula is C16H22OS2Si.